The Morgan fingerprint density at radius 1 is 0.647 bits per heavy atom. The number of allylic oxidation sites excluding steroid dienone is 1. The predicted octanol–water partition coefficient (Wildman–Crippen LogP) is 11.6. The van der Waals surface area contributed by atoms with Crippen LogP contribution in [0.25, 0.3) is 0 Å². The summed E-state index contributed by atoms with van der Waals surface area (Å²) in [6.45, 7) is 4.81. The molecule has 0 rings (SSSR count). The molecule has 1 amide bonds. The Morgan fingerprint density at radius 3 is 1.45 bits per heavy atom. The third-order valence-corrected chi connectivity index (χ3v) is 10.7. The number of nitrogens with zero attached hydrogens (tertiary/aromatic N) is 1. The van der Waals surface area contributed by atoms with Gasteiger partial charge in [0.2, 0.25) is 5.91 Å². The summed E-state index contributed by atoms with van der Waals surface area (Å²) in [7, 11) is 1.58. The molecular weight excluding hydrogens is 659 g/mol. The lowest BCUT2D eigenvalue weighted by Gasteiger charge is -2.25. The van der Waals surface area contributed by atoms with Gasteiger partial charge >= 0.3 is 7.82 Å². The molecule has 0 aliphatic rings. The smallest absolute Gasteiger partial charge is 0.387 e. The molecule has 0 saturated heterocycles. The van der Waals surface area contributed by atoms with Crippen molar-refractivity contribution < 1.29 is 32.9 Å². The quantitative estimate of drug-likeness (QED) is 0.0250. The molecule has 0 heterocycles. The number of quaternary nitrogens is 1. The molecule has 8 nitrogen and oxygen atoms in total. The van der Waals surface area contributed by atoms with Crippen molar-refractivity contribution in [2.24, 2.45) is 0 Å². The Hall–Kier alpha value is -0.760. The van der Waals surface area contributed by atoms with Gasteiger partial charge < -0.3 is 19.8 Å². The summed E-state index contributed by atoms with van der Waals surface area (Å²) in [5, 5.41) is 13.8. The van der Waals surface area contributed by atoms with E-state index in [1.165, 1.54) is 141 Å². The summed E-state index contributed by atoms with van der Waals surface area (Å²) in [6, 6.07) is -0.838. The van der Waals surface area contributed by atoms with Crippen LogP contribution in [-0.2, 0) is 18.4 Å². The van der Waals surface area contributed by atoms with Gasteiger partial charge in [-0.25, -0.2) is 4.57 Å². The highest BCUT2D eigenvalue weighted by Crippen LogP contribution is 2.43. The van der Waals surface area contributed by atoms with E-state index < -0.39 is 20.0 Å². The van der Waals surface area contributed by atoms with Crippen LogP contribution in [0.5, 0.6) is 0 Å². The molecule has 3 unspecified atom stereocenters. The van der Waals surface area contributed by atoms with E-state index in [2.05, 4.69) is 19.2 Å². The maximum atomic E-state index is 12.8. The first-order valence-electron chi connectivity index (χ1n) is 21.6. The van der Waals surface area contributed by atoms with E-state index in [1.54, 1.807) is 6.08 Å². The first kappa shape index (κ1) is 50.2. The van der Waals surface area contributed by atoms with Crippen molar-refractivity contribution in [2.75, 3.05) is 40.9 Å². The topological polar surface area (TPSA) is 105 Å². The van der Waals surface area contributed by atoms with Crippen molar-refractivity contribution in [3.63, 3.8) is 0 Å². The minimum atomic E-state index is -4.33. The molecule has 9 heteroatoms. The number of phosphoric acid groups is 1. The number of aliphatic hydroxyl groups excluding tert-OH is 1. The van der Waals surface area contributed by atoms with E-state index in [9.17, 15) is 19.4 Å². The van der Waals surface area contributed by atoms with Gasteiger partial charge in [-0.05, 0) is 19.3 Å². The number of phosphoric ester groups is 1. The summed E-state index contributed by atoms with van der Waals surface area (Å²) in [5.41, 5.74) is 0. The van der Waals surface area contributed by atoms with E-state index in [-0.39, 0.29) is 19.1 Å². The Kier molecular flexibility index (Phi) is 34.5. The number of likely N-dealkylation sites (N-methyl/N-ethyl adjacent to an activating group) is 1. The highest BCUT2D eigenvalue weighted by molar-refractivity contribution is 7.47. The molecule has 3 N–H and O–H groups in total. The van der Waals surface area contributed by atoms with Crippen LogP contribution in [0.15, 0.2) is 12.2 Å². The van der Waals surface area contributed by atoms with Crippen molar-refractivity contribution in [2.45, 2.75) is 212 Å². The van der Waals surface area contributed by atoms with E-state index in [0.29, 0.717) is 17.4 Å². The molecule has 51 heavy (non-hydrogen) atoms. The molecule has 0 aromatic rings. The molecule has 0 aromatic heterocycles. The Labute approximate surface area is 316 Å². The molecule has 0 saturated carbocycles. The highest BCUT2D eigenvalue weighted by atomic mass is 31.2. The van der Waals surface area contributed by atoms with Crippen LogP contribution in [0.3, 0.4) is 0 Å². The van der Waals surface area contributed by atoms with Gasteiger partial charge in [-0.3, -0.25) is 13.8 Å². The van der Waals surface area contributed by atoms with Crippen LogP contribution in [0.2, 0.25) is 0 Å². The molecule has 0 bridgehead atoms. The van der Waals surface area contributed by atoms with Crippen LogP contribution >= 0.6 is 7.82 Å². The number of hydrogen-bond donors (Lipinski definition) is 3. The molecule has 0 fully saturated rings. The lowest BCUT2D eigenvalue weighted by atomic mass is 10.0. The van der Waals surface area contributed by atoms with Gasteiger partial charge in [0, 0.05) is 6.42 Å². The number of hydrogen-bond acceptors (Lipinski definition) is 5. The number of carbonyl (C=O) groups excluding carboxylic acids is 1. The Morgan fingerprint density at radius 2 is 1.04 bits per heavy atom. The minimum Gasteiger partial charge on any atom is -0.387 e. The maximum Gasteiger partial charge on any atom is 0.472 e. The highest BCUT2D eigenvalue weighted by Gasteiger charge is 2.27. The van der Waals surface area contributed by atoms with Gasteiger partial charge in [0.1, 0.15) is 13.2 Å². The number of unbranched alkanes of at least 4 members (excludes halogenated alkanes) is 26. The van der Waals surface area contributed by atoms with Crippen molar-refractivity contribution in [1.82, 2.24) is 5.32 Å². The van der Waals surface area contributed by atoms with Gasteiger partial charge in [-0.2, -0.15) is 0 Å². The second-order valence-electron chi connectivity index (χ2n) is 16.1. The van der Waals surface area contributed by atoms with Gasteiger partial charge in [0.05, 0.1) is 39.9 Å². The van der Waals surface area contributed by atoms with Crippen LogP contribution in [0.1, 0.15) is 200 Å². The third-order valence-electron chi connectivity index (χ3n) is 9.76. The van der Waals surface area contributed by atoms with Crippen LogP contribution in [0, 0.1) is 0 Å². The first-order chi connectivity index (χ1) is 24.5. The van der Waals surface area contributed by atoms with Gasteiger partial charge in [0.15, 0.2) is 0 Å². The average molecular weight is 746 g/mol. The summed E-state index contributed by atoms with van der Waals surface area (Å²) < 4.78 is 23.5. The molecule has 0 radical (unpaired) electrons. The monoisotopic (exact) mass is 746 g/mol. The van der Waals surface area contributed by atoms with Gasteiger partial charge in [0.25, 0.3) is 0 Å². The van der Waals surface area contributed by atoms with E-state index in [4.69, 9.17) is 9.05 Å². The Bertz CT molecular complexity index is 850. The maximum absolute atomic E-state index is 12.8. The zero-order valence-corrected chi connectivity index (χ0v) is 35.3. The van der Waals surface area contributed by atoms with Crippen LogP contribution in [-0.4, -0.2) is 73.4 Å². The lowest BCUT2D eigenvalue weighted by molar-refractivity contribution is -0.870. The summed E-state index contributed by atoms with van der Waals surface area (Å²) >= 11 is 0. The van der Waals surface area contributed by atoms with E-state index in [0.717, 1.165) is 38.5 Å². The first-order valence-corrected chi connectivity index (χ1v) is 23.1. The Balaban J connectivity index is 4.39. The molecule has 0 aliphatic carbocycles. The van der Waals surface area contributed by atoms with Crippen LogP contribution < -0.4 is 5.32 Å². The number of carbonyl (C=O) groups is 1. The molecule has 3 atom stereocenters. The fraction of sp³-hybridized carbons (Fsp3) is 0.929. The van der Waals surface area contributed by atoms with E-state index in [1.807, 2.05) is 27.2 Å². The normalized spacial score (nSPS) is 14.6. The molecule has 304 valence electrons. The lowest BCUT2D eigenvalue weighted by Crippen LogP contribution is -2.45. The summed E-state index contributed by atoms with van der Waals surface area (Å²) in [5.74, 6) is -0.176. The predicted molar refractivity (Wildman–Crippen MR) is 217 cm³/mol. The zero-order chi connectivity index (χ0) is 37.9. The molecular formula is C42H86N2O6P+. The van der Waals surface area contributed by atoms with Gasteiger partial charge in [-0.15, -0.1) is 0 Å². The van der Waals surface area contributed by atoms with Crippen LogP contribution in [0.4, 0.5) is 0 Å². The second-order valence-corrected chi connectivity index (χ2v) is 17.5. The van der Waals surface area contributed by atoms with Gasteiger partial charge in [-0.1, -0.05) is 187 Å². The average Bonchev–Trinajstić information content (AvgIpc) is 3.07. The van der Waals surface area contributed by atoms with Crippen molar-refractivity contribution in [3.05, 3.63) is 12.2 Å². The second kappa shape index (κ2) is 35.0. The molecule has 0 aromatic carbocycles. The summed E-state index contributed by atoms with van der Waals surface area (Å²) in [6.07, 6.45) is 38.4. The SMILES string of the molecule is CCCCCCCCCCCC/C=C/C(O)C(COP(=O)(O)OCC[N+](C)(C)C)NC(=O)CCCCCCCCCCCCCCCCCCC. The number of amides is 1. The minimum absolute atomic E-state index is 0.0644. The molecule has 0 aliphatic heterocycles. The van der Waals surface area contributed by atoms with Crippen molar-refractivity contribution >= 4 is 13.7 Å². The number of nitrogens with one attached hydrogen (secondary N) is 1. The standard InChI is InChI=1S/C42H85N2O6P/c1-6-8-10-12-14-16-18-20-21-22-23-24-26-28-30-32-34-36-42(46)43-40(39-50-51(47,48)49-38-37-44(3,4)5)41(45)35-33-31-29-27-25-19-17-15-13-11-9-7-2/h33,35,40-41,45H,6-32,34,36-39H2,1-5H3,(H-,43,46,47,48)/p+1/b35-33+. The summed E-state index contributed by atoms with van der Waals surface area (Å²) in [4.78, 5) is 23.1. The molecule has 0 spiro atoms. The van der Waals surface area contributed by atoms with Crippen molar-refractivity contribution in [1.29, 1.82) is 0 Å². The fourth-order valence-electron chi connectivity index (χ4n) is 6.28. The largest absolute Gasteiger partial charge is 0.472 e. The van der Waals surface area contributed by atoms with E-state index >= 15 is 0 Å². The number of aliphatic hydroxyl groups is 1. The zero-order valence-electron chi connectivity index (χ0n) is 34.4. The fourth-order valence-corrected chi connectivity index (χ4v) is 7.01. The third kappa shape index (κ3) is 37.4. The van der Waals surface area contributed by atoms with Crippen molar-refractivity contribution in [3.8, 4) is 0 Å². The number of rotatable bonds is 39.